The second-order valence-corrected chi connectivity index (χ2v) is 8.15. The molecule has 0 aliphatic carbocycles. The van der Waals surface area contributed by atoms with E-state index in [2.05, 4.69) is 25.6 Å². The van der Waals surface area contributed by atoms with E-state index >= 15 is 0 Å². The van der Waals surface area contributed by atoms with Crippen LogP contribution in [0.1, 0.15) is 24.2 Å². The summed E-state index contributed by atoms with van der Waals surface area (Å²) in [7, 11) is 2.91. The normalized spacial score (nSPS) is 9.89. The second kappa shape index (κ2) is 11.1. The number of carbonyl (C=O) groups excluding carboxylic acids is 1. The fourth-order valence-corrected chi connectivity index (χ4v) is 4.09. The maximum absolute atomic E-state index is 11.6. The van der Waals surface area contributed by atoms with Gasteiger partial charge in [-0.1, -0.05) is 41.9 Å². The molecule has 1 heterocycles. The molecule has 0 spiro atoms. The first-order valence-electron chi connectivity index (χ1n) is 8.51. The molecular formula is C20H21BrN2O3S2. The first-order chi connectivity index (χ1) is 13.6. The number of aromatic nitrogens is 1. The Morgan fingerprint density at radius 1 is 1.14 bits per heavy atom. The van der Waals surface area contributed by atoms with E-state index in [9.17, 15) is 4.79 Å². The molecule has 0 fully saturated rings. The summed E-state index contributed by atoms with van der Waals surface area (Å²) in [6, 6.07) is 13.2. The van der Waals surface area contributed by atoms with Crippen molar-refractivity contribution in [3.05, 3.63) is 58.7 Å². The van der Waals surface area contributed by atoms with Crippen molar-refractivity contribution in [1.29, 1.82) is 0 Å². The monoisotopic (exact) mass is 480 g/mol. The fraction of sp³-hybridized carbons (Fsp3) is 0.200. The summed E-state index contributed by atoms with van der Waals surface area (Å²) in [5.74, 6) is 0.169. The van der Waals surface area contributed by atoms with Gasteiger partial charge in [-0.25, -0.2) is 9.78 Å². The number of thiazole rings is 1. The molecule has 1 aromatic heterocycles. The van der Waals surface area contributed by atoms with Crippen molar-refractivity contribution in [3.63, 3.8) is 0 Å². The summed E-state index contributed by atoms with van der Waals surface area (Å²) in [5.41, 5.74) is 2.28. The van der Waals surface area contributed by atoms with Gasteiger partial charge in [0.05, 0.1) is 31.7 Å². The van der Waals surface area contributed by atoms with Gasteiger partial charge in [-0.05, 0) is 42.3 Å². The number of benzene rings is 2. The van der Waals surface area contributed by atoms with E-state index in [-0.39, 0.29) is 0 Å². The van der Waals surface area contributed by atoms with Crippen molar-refractivity contribution in [2.45, 2.75) is 18.1 Å². The molecule has 0 radical (unpaired) electrons. The zero-order valence-electron chi connectivity index (χ0n) is 16.0. The molecule has 0 bridgehead atoms. The van der Waals surface area contributed by atoms with Crippen molar-refractivity contribution in [2.75, 3.05) is 18.9 Å². The minimum absolute atomic E-state index is 0.399. The number of hydrogen-bond donors (Lipinski definition) is 1. The maximum Gasteiger partial charge on any atom is 0.337 e. The van der Waals surface area contributed by atoms with E-state index in [0.717, 1.165) is 24.9 Å². The first-order valence-corrected chi connectivity index (χ1v) is 10.9. The predicted molar refractivity (Wildman–Crippen MR) is 120 cm³/mol. The molecule has 1 N–H and O–H groups in total. The summed E-state index contributed by atoms with van der Waals surface area (Å²) < 4.78 is 15.4. The number of hydrogen-bond acceptors (Lipinski definition) is 7. The van der Waals surface area contributed by atoms with Crippen LogP contribution in [-0.2, 0) is 4.74 Å². The van der Waals surface area contributed by atoms with Gasteiger partial charge in [-0.3, -0.25) is 0 Å². The predicted octanol–water partition coefficient (Wildman–Crippen LogP) is 6.51. The van der Waals surface area contributed by atoms with Crippen molar-refractivity contribution in [2.24, 2.45) is 0 Å². The quantitative estimate of drug-likeness (QED) is 0.320. The molecule has 0 aliphatic rings. The van der Waals surface area contributed by atoms with Crippen molar-refractivity contribution in [3.8, 4) is 16.3 Å². The minimum atomic E-state index is -0.399. The molecule has 0 saturated carbocycles. The lowest BCUT2D eigenvalue weighted by Gasteiger charge is -2.10. The third-order valence-electron chi connectivity index (χ3n) is 3.46. The van der Waals surface area contributed by atoms with Gasteiger partial charge in [0.15, 0.2) is 0 Å². The van der Waals surface area contributed by atoms with E-state index in [0.29, 0.717) is 11.3 Å². The molecule has 0 atom stereocenters. The van der Waals surface area contributed by atoms with Gasteiger partial charge >= 0.3 is 5.97 Å². The molecule has 0 aliphatic heterocycles. The van der Waals surface area contributed by atoms with E-state index in [4.69, 9.17) is 9.47 Å². The van der Waals surface area contributed by atoms with Crippen LogP contribution in [0, 0.1) is 0 Å². The number of rotatable bonds is 6. The molecule has 28 heavy (non-hydrogen) atoms. The van der Waals surface area contributed by atoms with E-state index in [1.54, 1.807) is 36.6 Å². The van der Waals surface area contributed by atoms with Crippen LogP contribution in [0.3, 0.4) is 0 Å². The number of esters is 1. The van der Waals surface area contributed by atoms with Gasteiger partial charge in [0.25, 0.3) is 0 Å². The molecule has 8 heteroatoms. The zero-order chi connectivity index (χ0) is 20.5. The topological polar surface area (TPSA) is 60.5 Å². The summed E-state index contributed by atoms with van der Waals surface area (Å²) in [5, 5.41) is 0.954. The van der Waals surface area contributed by atoms with Crippen LogP contribution in [-0.4, -0.2) is 25.2 Å². The van der Waals surface area contributed by atoms with E-state index < -0.39 is 5.97 Å². The molecule has 0 unspecified atom stereocenters. The SMILES string of the molecule is CC.COC(=O)c1ccc(NSc2cnc(-c3ccc(Br)cc3)s2)c(OC)c1. The Morgan fingerprint density at radius 3 is 2.50 bits per heavy atom. The van der Waals surface area contributed by atoms with Gasteiger partial charge in [-0.15, -0.1) is 11.3 Å². The molecule has 148 valence electrons. The highest BCUT2D eigenvalue weighted by molar-refractivity contribution is 9.10. The zero-order valence-corrected chi connectivity index (χ0v) is 19.2. The number of halogens is 1. The second-order valence-electron chi connectivity index (χ2n) is 5.10. The standard InChI is InChI=1S/C18H15BrN2O3S2.C2H6/c1-23-15-9-12(18(22)24-2)5-8-14(15)21-26-16-10-20-17(25-16)11-3-6-13(19)7-4-11;1-2/h3-10,21H,1-2H3;1-2H3. The Balaban J connectivity index is 0.00000136. The lowest BCUT2D eigenvalue weighted by Crippen LogP contribution is -2.02. The Hall–Kier alpha value is -2.03. The molecular weight excluding hydrogens is 460 g/mol. The molecule has 3 rings (SSSR count). The van der Waals surface area contributed by atoms with Gasteiger partial charge in [0, 0.05) is 10.0 Å². The van der Waals surface area contributed by atoms with Crippen LogP contribution in [0.25, 0.3) is 10.6 Å². The van der Waals surface area contributed by atoms with E-state index in [1.165, 1.54) is 19.1 Å². The van der Waals surface area contributed by atoms with Crippen molar-refractivity contribution < 1.29 is 14.3 Å². The Morgan fingerprint density at radius 2 is 1.86 bits per heavy atom. The van der Waals surface area contributed by atoms with Gasteiger partial charge in [0.2, 0.25) is 0 Å². The summed E-state index contributed by atoms with van der Waals surface area (Å²) >= 11 is 6.47. The third kappa shape index (κ3) is 5.73. The minimum Gasteiger partial charge on any atom is -0.495 e. The van der Waals surface area contributed by atoms with Crippen LogP contribution in [0.2, 0.25) is 0 Å². The van der Waals surface area contributed by atoms with Gasteiger partial charge in [0.1, 0.15) is 15.0 Å². The average Bonchev–Trinajstić information content (AvgIpc) is 3.22. The number of nitrogens with zero attached hydrogens (tertiary/aromatic N) is 1. The molecule has 0 amide bonds. The van der Waals surface area contributed by atoms with Crippen molar-refractivity contribution in [1.82, 2.24) is 4.98 Å². The van der Waals surface area contributed by atoms with Gasteiger partial charge < -0.3 is 14.2 Å². The summed E-state index contributed by atoms with van der Waals surface area (Å²) in [6.07, 6.45) is 1.83. The summed E-state index contributed by atoms with van der Waals surface area (Å²) in [4.78, 5) is 16.1. The van der Waals surface area contributed by atoms with Gasteiger partial charge in [-0.2, -0.15) is 0 Å². The highest BCUT2D eigenvalue weighted by Crippen LogP contribution is 2.35. The number of methoxy groups -OCH3 is 2. The number of ether oxygens (including phenoxy) is 2. The lowest BCUT2D eigenvalue weighted by molar-refractivity contribution is 0.0600. The van der Waals surface area contributed by atoms with E-state index in [1.807, 2.05) is 44.3 Å². The largest absolute Gasteiger partial charge is 0.495 e. The lowest BCUT2D eigenvalue weighted by atomic mass is 10.2. The molecule has 3 aromatic rings. The highest BCUT2D eigenvalue weighted by Gasteiger charge is 2.11. The Bertz CT molecular complexity index is 914. The molecule has 0 saturated heterocycles. The third-order valence-corrected chi connectivity index (χ3v) is 5.96. The number of carbonyl (C=O) groups is 1. The Kier molecular flexibility index (Phi) is 8.82. The van der Waals surface area contributed by atoms with Crippen LogP contribution in [0.4, 0.5) is 5.69 Å². The highest BCUT2D eigenvalue weighted by atomic mass is 79.9. The molecule has 5 nitrogen and oxygen atoms in total. The van der Waals surface area contributed by atoms with Crippen molar-refractivity contribution >= 4 is 50.9 Å². The van der Waals surface area contributed by atoms with Crippen LogP contribution in [0.5, 0.6) is 5.75 Å². The Labute approximate surface area is 181 Å². The maximum atomic E-state index is 11.6. The average molecular weight is 481 g/mol. The van der Waals surface area contributed by atoms with Crippen LogP contribution in [0.15, 0.2) is 57.3 Å². The van der Waals surface area contributed by atoms with Crippen LogP contribution >= 0.6 is 39.2 Å². The summed E-state index contributed by atoms with van der Waals surface area (Å²) in [6.45, 7) is 4.00. The molecule has 2 aromatic carbocycles. The first kappa shape index (κ1) is 22.3. The smallest absolute Gasteiger partial charge is 0.337 e. The number of anilines is 1. The number of nitrogens with one attached hydrogen (secondary N) is 1. The van der Waals surface area contributed by atoms with Crippen LogP contribution < -0.4 is 9.46 Å². The fourth-order valence-electron chi connectivity index (χ4n) is 2.16.